The van der Waals surface area contributed by atoms with Gasteiger partial charge >= 0.3 is 0 Å². The maximum Gasteiger partial charge on any atom is 0.272 e. The highest BCUT2D eigenvalue weighted by atomic mass is 16.6. The van der Waals surface area contributed by atoms with Gasteiger partial charge in [0.15, 0.2) is 0 Å². The van der Waals surface area contributed by atoms with E-state index in [9.17, 15) is 10.1 Å². The van der Waals surface area contributed by atoms with Crippen molar-refractivity contribution in [3.8, 4) is 0 Å². The van der Waals surface area contributed by atoms with Gasteiger partial charge in [-0.15, -0.1) is 0 Å². The summed E-state index contributed by atoms with van der Waals surface area (Å²) in [4.78, 5) is 10.5. The Bertz CT molecular complexity index is 359. The van der Waals surface area contributed by atoms with E-state index in [1.807, 2.05) is 13.0 Å². The summed E-state index contributed by atoms with van der Waals surface area (Å²) in [6.45, 7) is 6.21. The van der Waals surface area contributed by atoms with Gasteiger partial charge in [-0.3, -0.25) is 10.1 Å². The lowest BCUT2D eigenvalue weighted by Crippen LogP contribution is -1.98. The number of nitro benzene ring substituents is 1. The first kappa shape index (κ1) is 11.7. The Balaban J connectivity index is 2.92. The third-order valence-electron chi connectivity index (χ3n) is 2.42. The van der Waals surface area contributed by atoms with E-state index in [1.54, 1.807) is 12.1 Å². The molecule has 0 saturated carbocycles. The van der Waals surface area contributed by atoms with Crippen LogP contribution in [0.2, 0.25) is 0 Å². The molecular formula is C12H17NO2. The van der Waals surface area contributed by atoms with Crippen molar-refractivity contribution in [2.24, 2.45) is 5.92 Å². The van der Waals surface area contributed by atoms with Crippen molar-refractivity contribution in [1.82, 2.24) is 0 Å². The molecule has 0 unspecified atom stereocenters. The molecule has 0 atom stereocenters. The van der Waals surface area contributed by atoms with Gasteiger partial charge < -0.3 is 0 Å². The standard InChI is InChI=1S/C12H17NO2/c1-9(2)4-6-11-8-10(3)5-7-12(11)13(14)15/h5,7-9H,4,6H2,1-3H3. The molecule has 0 spiro atoms. The van der Waals surface area contributed by atoms with Gasteiger partial charge in [0.05, 0.1) is 4.92 Å². The highest BCUT2D eigenvalue weighted by Crippen LogP contribution is 2.22. The Morgan fingerprint density at radius 2 is 2.07 bits per heavy atom. The monoisotopic (exact) mass is 207 g/mol. The summed E-state index contributed by atoms with van der Waals surface area (Å²) in [5, 5.41) is 10.8. The maximum absolute atomic E-state index is 10.8. The SMILES string of the molecule is Cc1ccc([N+](=O)[O-])c(CCC(C)C)c1. The number of benzene rings is 1. The van der Waals surface area contributed by atoms with Crippen molar-refractivity contribution in [1.29, 1.82) is 0 Å². The molecule has 0 heterocycles. The molecule has 15 heavy (non-hydrogen) atoms. The van der Waals surface area contributed by atoms with Gasteiger partial charge in [0.1, 0.15) is 0 Å². The van der Waals surface area contributed by atoms with Crippen LogP contribution < -0.4 is 0 Å². The summed E-state index contributed by atoms with van der Waals surface area (Å²) in [7, 11) is 0. The van der Waals surface area contributed by atoms with Crippen molar-refractivity contribution >= 4 is 5.69 Å². The average Bonchev–Trinajstić information content (AvgIpc) is 2.14. The van der Waals surface area contributed by atoms with Gasteiger partial charge in [-0.25, -0.2) is 0 Å². The van der Waals surface area contributed by atoms with Crippen molar-refractivity contribution in [3.05, 3.63) is 39.4 Å². The highest BCUT2D eigenvalue weighted by molar-refractivity contribution is 5.42. The normalized spacial score (nSPS) is 10.7. The van der Waals surface area contributed by atoms with E-state index in [2.05, 4.69) is 13.8 Å². The van der Waals surface area contributed by atoms with E-state index in [1.165, 1.54) is 0 Å². The molecule has 1 aromatic rings. The smallest absolute Gasteiger partial charge is 0.258 e. The highest BCUT2D eigenvalue weighted by Gasteiger charge is 2.13. The quantitative estimate of drug-likeness (QED) is 0.560. The van der Waals surface area contributed by atoms with E-state index in [-0.39, 0.29) is 10.6 Å². The third kappa shape index (κ3) is 3.35. The number of hydrogen-bond donors (Lipinski definition) is 0. The lowest BCUT2D eigenvalue weighted by molar-refractivity contribution is -0.385. The van der Waals surface area contributed by atoms with Gasteiger partial charge in [-0.05, 0) is 31.7 Å². The van der Waals surface area contributed by atoms with Crippen LogP contribution in [0, 0.1) is 23.0 Å². The zero-order chi connectivity index (χ0) is 11.4. The molecule has 0 aliphatic rings. The third-order valence-corrected chi connectivity index (χ3v) is 2.42. The number of rotatable bonds is 4. The van der Waals surface area contributed by atoms with Crippen LogP contribution in [-0.2, 0) is 6.42 Å². The van der Waals surface area contributed by atoms with Crippen molar-refractivity contribution in [2.75, 3.05) is 0 Å². The molecule has 3 nitrogen and oxygen atoms in total. The largest absolute Gasteiger partial charge is 0.272 e. The topological polar surface area (TPSA) is 43.1 Å². The Hall–Kier alpha value is -1.38. The summed E-state index contributed by atoms with van der Waals surface area (Å²) in [5.74, 6) is 0.574. The lowest BCUT2D eigenvalue weighted by atomic mass is 10.00. The van der Waals surface area contributed by atoms with Crippen LogP contribution >= 0.6 is 0 Å². The fraction of sp³-hybridized carbons (Fsp3) is 0.500. The van der Waals surface area contributed by atoms with Crippen LogP contribution in [0.5, 0.6) is 0 Å². The first-order valence-electron chi connectivity index (χ1n) is 5.24. The van der Waals surface area contributed by atoms with Crippen LogP contribution in [-0.4, -0.2) is 4.92 Å². The Labute approximate surface area is 90.3 Å². The summed E-state index contributed by atoms with van der Waals surface area (Å²) >= 11 is 0. The molecule has 0 bridgehead atoms. The van der Waals surface area contributed by atoms with Crippen LogP contribution in [0.4, 0.5) is 5.69 Å². The average molecular weight is 207 g/mol. The molecule has 0 aliphatic heterocycles. The van der Waals surface area contributed by atoms with Crippen LogP contribution in [0.1, 0.15) is 31.4 Å². The number of nitrogens with zero attached hydrogens (tertiary/aromatic N) is 1. The molecule has 0 radical (unpaired) electrons. The summed E-state index contributed by atoms with van der Waals surface area (Å²) < 4.78 is 0. The molecule has 0 aliphatic carbocycles. The van der Waals surface area contributed by atoms with E-state index < -0.39 is 0 Å². The molecule has 0 fully saturated rings. The molecule has 0 aromatic heterocycles. The van der Waals surface area contributed by atoms with Crippen LogP contribution in [0.25, 0.3) is 0 Å². The van der Waals surface area contributed by atoms with E-state index >= 15 is 0 Å². The van der Waals surface area contributed by atoms with E-state index in [0.717, 1.165) is 24.0 Å². The van der Waals surface area contributed by atoms with Crippen molar-refractivity contribution in [2.45, 2.75) is 33.6 Å². The molecule has 1 aromatic carbocycles. The number of nitro groups is 1. The van der Waals surface area contributed by atoms with Crippen molar-refractivity contribution < 1.29 is 4.92 Å². The molecular weight excluding hydrogens is 190 g/mol. The minimum absolute atomic E-state index is 0.251. The molecule has 0 saturated heterocycles. The predicted molar refractivity (Wildman–Crippen MR) is 61.0 cm³/mol. The Morgan fingerprint density at radius 3 is 2.60 bits per heavy atom. The van der Waals surface area contributed by atoms with E-state index in [4.69, 9.17) is 0 Å². The second kappa shape index (κ2) is 4.91. The predicted octanol–water partition coefficient (Wildman–Crippen LogP) is 3.49. The molecule has 0 N–H and O–H groups in total. The first-order valence-corrected chi connectivity index (χ1v) is 5.24. The fourth-order valence-corrected chi connectivity index (χ4v) is 1.54. The van der Waals surface area contributed by atoms with Crippen LogP contribution in [0.15, 0.2) is 18.2 Å². The summed E-state index contributed by atoms with van der Waals surface area (Å²) in [6.07, 6.45) is 1.78. The zero-order valence-electron chi connectivity index (χ0n) is 9.49. The summed E-state index contributed by atoms with van der Waals surface area (Å²) in [6, 6.07) is 5.31. The number of hydrogen-bond acceptors (Lipinski definition) is 2. The molecule has 3 heteroatoms. The van der Waals surface area contributed by atoms with Gasteiger partial charge in [0.25, 0.3) is 5.69 Å². The van der Waals surface area contributed by atoms with Crippen molar-refractivity contribution in [3.63, 3.8) is 0 Å². The minimum atomic E-state index is -0.297. The lowest BCUT2D eigenvalue weighted by Gasteiger charge is -2.06. The van der Waals surface area contributed by atoms with Gasteiger partial charge in [-0.2, -0.15) is 0 Å². The van der Waals surface area contributed by atoms with Gasteiger partial charge in [-0.1, -0.05) is 25.5 Å². The molecule has 82 valence electrons. The zero-order valence-corrected chi connectivity index (χ0v) is 9.49. The molecule has 0 amide bonds. The van der Waals surface area contributed by atoms with E-state index in [0.29, 0.717) is 5.92 Å². The number of aryl methyl sites for hydroxylation is 2. The second-order valence-corrected chi connectivity index (χ2v) is 4.32. The Morgan fingerprint density at radius 1 is 1.40 bits per heavy atom. The van der Waals surface area contributed by atoms with Gasteiger partial charge in [0.2, 0.25) is 0 Å². The fourth-order valence-electron chi connectivity index (χ4n) is 1.54. The maximum atomic E-state index is 10.8. The first-order chi connectivity index (χ1) is 7.00. The minimum Gasteiger partial charge on any atom is -0.258 e. The van der Waals surface area contributed by atoms with Crippen LogP contribution in [0.3, 0.4) is 0 Å². The van der Waals surface area contributed by atoms with Gasteiger partial charge in [0, 0.05) is 11.6 Å². The molecule has 1 rings (SSSR count). The Kier molecular flexibility index (Phi) is 3.83. The summed E-state index contributed by atoms with van der Waals surface area (Å²) in [5.41, 5.74) is 2.19. The second-order valence-electron chi connectivity index (χ2n) is 4.32.